The molecule has 1 aromatic carbocycles. The van der Waals surface area contributed by atoms with Crippen LogP contribution in [0.25, 0.3) is 0 Å². The Morgan fingerprint density at radius 3 is 3.11 bits per heavy atom. The molecule has 2 aliphatic heterocycles. The molecule has 2 N–H and O–H groups in total. The van der Waals surface area contributed by atoms with Crippen molar-refractivity contribution in [3.05, 3.63) is 41.0 Å². The van der Waals surface area contributed by atoms with Crippen LogP contribution in [0, 0.1) is 0 Å². The van der Waals surface area contributed by atoms with Crippen molar-refractivity contribution in [1.82, 2.24) is 20.4 Å². The highest BCUT2D eigenvalue weighted by Crippen LogP contribution is 2.27. The fourth-order valence-corrected chi connectivity index (χ4v) is 3.23. The highest BCUT2D eigenvalue weighted by Gasteiger charge is 2.24. The third-order valence-corrected chi connectivity index (χ3v) is 4.66. The lowest BCUT2D eigenvalue weighted by atomic mass is 10.1. The van der Waals surface area contributed by atoms with Crippen LogP contribution in [0.5, 0.6) is 5.75 Å². The standard InChI is InChI=1S/C18H22N4O5/c23-11-12-3-4-14-13(8-12)10-22(5-7-26-14)18(24)19-9-16-20-17(27-21-16)15-2-1-6-25-15/h3-4,8,15,23H,1-2,5-7,9-11H2,(H,19,24)/t15-/m1/s1. The zero-order valence-corrected chi connectivity index (χ0v) is 14.9. The van der Waals surface area contributed by atoms with Crippen LogP contribution in [-0.4, -0.2) is 45.9 Å². The van der Waals surface area contributed by atoms with Crippen molar-refractivity contribution in [1.29, 1.82) is 0 Å². The first-order valence-electron chi connectivity index (χ1n) is 9.05. The highest BCUT2D eigenvalue weighted by molar-refractivity contribution is 5.74. The lowest BCUT2D eigenvalue weighted by Crippen LogP contribution is -2.40. The van der Waals surface area contributed by atoms with Crippen molar-refractivity contribution < 1.29 is 23.9 Å². The quantitative estimate of drug-likeness (QED) is 0.835. The minimum Gasteiger partial charge on any atom is -0.491 e. The molecule has 1 fully saturated rings. The number of hydrogen-bond acceptors (Lipinski definition) is 7. The average molecular weight is 374 g/mol. The summed E-state index contributed by atoms with van der Waals surface area (Å²) in [7, 11) is 0. The van der Waals surface area contributed by atoms with Gasteiger partial charge in [-0.25, -0.2) is 4.79 Å². The number of hydrogen-bond donors (Lipinski definition) is 2. The van der Waals surface area contributed by atoms with E-state index < -0.39 is 0 Å². The first-order chi connectivity index (χ1) is 13.2. The Bertz CT molecular complexity index is 803. The Morgan fingerprint density at radius 1 is 1.37 bits per heavy atom. The normalized spacial score (nSPS) is 19.3. The molecule has 2 amide bonds. The van der Waals surface area contributed by atoms with Crippen molar-refractivity contribution in [2.75, 3.05) is 19.8 Å². The van der Waals surface area contributed by atoms with Gasteiger partial charge in [0.15, 0.2) is 5.82 Å². The molecule has 0 radical (unpaired) electrons. The second kappa shape index (κ2) is 7.93. The van der Waals surface area contributed by atoms with Gasteiger partial charge in [-0.1, -0.05) is 11.2 Å². The molecular weight excluding hydrogens is 352 g/mol. The molecule has 1 saturated heterocycles. The number of nitrogens with zero attached hydrogens (tertiary/aromatic N) is 3. The first-order valence-corrected chi connectivity index (χ1v) is 9.05. The van der Waals surface area contributed by atoms with E-state index in [1.165, 1.54) is 0 Å². The summed E-state index contributed by atoms with van der Waals surface area (Å²) in [5.74, 6) is 1.62. The molecule has 2 aromatic rings. The Kier molecular flexibility index (Phi) is 5.21. The van der Waals surface area contributed by atoms with E-state index in [1.54, 1.807) is 4.90 Å². The Hall–Kier alpha value is -2.65. The number of nitrogens with one attached hydrogen (secondary N) is 1. The number of benzene rings is 1. The monoisotopic (exact) mass is 374 g/mol. The predicted octanol–water partition coefficient (Wildman–Crippen LogP) is 1.52. The summed E-state index contributed by atoms with van der Waals surface area (Å²) in [5.41, 5.74) is 1.66. The molecule has 1 aromatic heterocycles. The molecular formula is C18H22N4O5. The third-order valence-electron chi connectivity index (χ3n) is 4.66. The molecule has 3 heterocycles. The van der Waals surface area contributed by atoms with Crippen molar-refractivity contribution in [2.45, 2.75) is 38.6 Å². The summed E-state index contributed by atoms with van der Waals surface area (Å²) < 4.78 is 16.4. The van der Waals surface area contributed by atoms with Crippen LogP contribution in [0.1, 0.15) is 41.8 Å². The van der Waals surface area contributed by atoms with Crippen LogP contribution < -0.4 is 10.1 Å². The Labute approximate surface area is 156 Å². The van der Waals surface area contributed by atoms with E-state index in [9.17, 15) is 9.90 Å². The van der Waals surface area contributed by atoms with Gasteiger partial charge in [0.2, 0.25) is 0 Å². The maximum Gasteiger partial charge on any atom is 0.318 e. The van der Waals surface area contributed by atoms with Gasteiger partial charge in [0.1, 0.15) is 18.5 Å². The first kappa shape index (κ1) is 17.7. The fraction of sp³-hybridized carbons (Fsp3) is 0.500. The molecule has 0 aliphatic carbocycles. The summed E-state index contributed by atoms with van der Waals surface area (Å²) in [4.78, 5) is 18.5. The number of aromatic nitrogens is 2. The van der Waals surface area contributed by atoms with Crippen molar-refractivity contribution in [3.8, 4) is 5.75 Å². The number of fused-ring (bicyclic) bond motifs is 1. The van der Waals surface area contributed by atoms with Crippen LogP contribution in [0.2, 0.25) is 0 Å². The van der Waals surface area contributed by atoms with Gasteiger partial charge < -0.3 is 29.3 Å². The lowest BCUT2D eigenvalue weighted by molar-refractivity contribution is 0.0835. The zero-order chi connectivity index (χ0) is 18.6. The maximum absolute atomic E-state index is 12.6. The molecule has 2 aliphatic rings. The van der Waals surface area contributed by atoms with E-state index in [1.807, 2.05) is 18.2 Å². The van der Waals surface area contributed by atoms with Gasteiger partial charge in [-0.2, -0.15) is 4.98 Å². The fourth-order valence-electron chi connectivity index (χ4n) is 3.23. The summed E-state index contributed by atoms with van der Waals surface area (Å²) in [6.07, 6.45) is 1.72. The molecule has 9 nitrogen and oxygen atoms in total. The van der Waals surface area contributed by atoms with Crippen LogP contribution in [0.4, 0.5) is 4.79 Å². The number of rotatable bonds is 4. The predicted molar refractivity (Wildman–Crippen MR) is 92.7 cm³/mol. The molecule has 4 rings (SSSR count). The van der Waals surface area contributed by atoms with Gasteiger partial charge in [0.25, 0.3) is 5.89 Å². The van der Waals surface area contributed by atoms with Gasteiger partial charge in [-0.3, -0.25) is 0 Å². The third kappa shape index (κ3) is 4.04. The van der Waals surface area contributed by atoms with Crippen LogP contribution in [-0.2, 0) is 24.4 Å². The van der Waals surface area contributed by atoms with Gasteiger partial charge in [0.05, 0.1) is 26.2 Å². The zero-order valence-electron chi connectivity index (χ0n) is 14.9. The van der Waals surface area contributed by atoms with Gasteiger partial charge >= 0.3 is 6.03 Å². The van der Waals surface area contributed by atoms with Gasteiger partial charge in [0, 0.05) is 12.2 Å². The average Bonchev–Trinajstić information content (AvgIpc) is 3.33. The van der Waals surface area contributed by atoms with E-state index in [2.05, 4.69) is 15.5 Å². The summed E-state index contributed by atoms with van der Waals surface area (Å²) in [6, 6.07) is 5.27. The molecule has 9 heteroatoms. The number of carbonyl (C=O) groups excluding carboxylic acids is 1. The summed E-state index contributed by atoms with van der Waals surface area (Å²) in [5, 5.41) is 16.0. The number of carbonyl (C=O) groups is 1. The lowest BCUT2D eigenvalue weighted by Gasteiger charge is -2.20. The molecule has 0 unspecified atom stereocenters. The van der Waals surface area contributed by atoms with E-state index in [0.717, 1.165) is 29.7 Å². The van der Waals surface area contributed by atoms with E-state index in [0.29, 0.717) is 38.0 Å². The van der Waals surface area contributed by atoms with Crippen molar-refractivity contribution >= 4 is 6.03 Å². The van der Waals surface area contributed by atoms with Gasteiger partial charge in [-0.15, -0.1) is 0 Å². The smallest absolute Gasteiger partial charge is 0.318 e. The molecule has 1 atom stereocenters. The Morgan fingerprint density at radius 2 is 2.30 bits per heavy atom. The van der Waals surface area contributed by atoms with Crippen LogP contribution in [0.15, 0.2) is 22.7 Å². The molecule has 144 valence electrons. The van der Waals surface area contributed by atoms with Gasteiger partial charge in [-0.05, 0) is 30.5 Å². The summed E-state index contributed by atoms with van der Waals surface area (Å²) >= 11 is 0. The number of aliphatic hydroxyl groups excluding tert-OH is 1. The largest absolute Gasteiger partial charge is 0.491 e. The molecule has 0 saturated carbocycles. The van der Waals surface area contributed by atoms with Crippen molar-refractivity contribution in [2.24, 2.45) is 0 Å². The summed E-state index contributed by atoms with van der Waals surface area (Å²) in [6.45, 7) is 2.10. The van der Waals surface area contributed by atoms with Crippen LogP contribution >= 0.6 is 0 Å². The Balaban J connectivity index is 1.36. The van der Waals surface area contributed by atoms with E-state index >= 15 is 0 Å². The number of urea groups is 1. The minimum atomic E-state index is -0.232. The SMILES string of the molecule is O=C(NCc1noc([C@H]2CCCO2)n1)N1CCOc2ccc(CO)cc2C1. The number of ether oxygens (including phenoxy) is 2. The second-order valence-corrected chi connectivity index (χ2v) is 6.58. The molecule has 27 heavy (non-hydrogen) atoms. The maximum atomic E-state index is 12.6. The van der Waals surface area contributed by atoms with Crippen molar-refractivity contribution in [3.63, 3.8) is 0 Å². The minimum absolute atomic E-state index is 0.0512. The molecule has 0 spiro atoms. The molecule has 0 bridgehead atoms. The van der Waals surface area contributed by atoms with E-state index in [4.69, 9.17) is 14.0 Å². The second-order valence-electron chi connectivity index (χ2n) is 6.58. The van der Waals surface area contributed by atoms with Crippen LogP contribution in [0.3, 0.4) is 0 Å². The van der Waals surface area contributed by atoms with E-state index in [-0.39, 0.29) is 25.3 Å². The highest BCUT2D eigenvalue weighted by atomic mass is 16.5. The topological polar surface area (TPSA) is 110 Å². The number of aliphatic hydroxyl groups is 1. The number of amides is 2.